The minimum Gasteiger partial charge on any atom is -0.360 e. The van der Waals surface area contributed by atoms with Crippen molar-refractivity contribution in [3.8, 4) is 11.3 Å². The summed E-state index contributed by atoms with van der Waals surface area (Å²) in [4.78, 5) is 13.2. The van der Waals surface area contributed by atoms with Crippen molar-refractivity contribution in [1.82, 2.24) is 5.16 Å². The molecular formula is C18H14Cl2N2O3S. The van der Waals surface area contributed by atoms with Gasteiger partial charge in [0.05, 0.1) is 14.8 Å². The van der Waals surface area contributed by atoms with Gasteiger partial charge in [0.25, 0.3) is 5.91 Å². The standard InChI is InChI=1S/C18H14Cl2N2O3S/c1-11-16(17(21-25-11)14-5-3-4-6-15(14)20)18(23)22-26(2,24)13-9-7-12(19)8-10-13/h3-10H,1-2H3/t26-/m1/s1. The Labute approximate surface area is 161 Å². The Morgan fingerprint density at radius 2 is 1.77 bits per heavy atom. The van der Waals surface area contributed by atoms with E-state index in [0.29, 0.717) is 20.5 Å². The van der Waals surface area contributed by atoms with Gasteiger partial charge < -0.3 is 4.52 Å². The molecule has 134 valence electrons. The monoisotopic (exact) mass is 408 g/mol. The van der Waals surface area contributed by atoms with Gasteiger partial charge in [-0.2, -0.15) is 4.36 Å². The molecule has 8 heteroatoms. The lowest BCUT2D eigenvalue weighted by molar-refractivity contribution is 0.100. The van der Waals surface area contributed by atoms with Gasteiger partial charge in [-0.3, -0.25) is 4.79 Å². The maximum absolute atomic E-state index is 12.9. The average molecular weight is 409 g/mol. The van der Waals surface area contributed by atoms with Crippen LogP contribution in [-0.4, -0.2) is 21.5 Å². The van der Waals surface area contributed by atoms with E-state index in [1.807, 2.05) is 0 Å². The second-order valence-electron chi connectivity index (χ2n) is 5.60. The molecule has 3 aromatic rings. The summed E-state index contributed by atoms with van der Waals surface area (Å²) < 4.78 is 22.0. The van der Waals surface area contributed by atoms with Gasteiger partial charge >= 0.3 is 0 Å². The van der Waals surface area contributed by atoms with Crippen LogP contribution in [0.1, 0.15) is 16.1 Å². The second-order valence-corrected chi connectivity index (χ2v) is 8.70. The normalized spacial score (nSPS) is 13.2. The van der Waals surface area contributed by atoms with Gasteiger partial charge in [-0.15, -0.1) is 0 Å². The molecule has 0 spiro atoms. The smallest absolute Gasteiger partial charge is 0.291 e. The van der Waals surface area contributed by atoms with Crippen LogP contribution < -0.4 is 0 Å². The second kappa shape index (κ2) is 7.23. The van der Waals surface area contributed by atoms with E-state index in [2.05, 4.69) is 9.52 Å². The first-order valence-electron chi connectivity index (χ1n) is 7.53. The topological polar surface area (TPSA) is 72.5 Å². The average Bonchev–Trinajstić information content (AvgIpc) is 2.97. The van der Waals surface area contributed by atoms with Crippen LogP contribution in [0.25, 0.3) is 11.3 Å². The predicted molar refractivity (Wildman–Crippen MR) is 102 cm³/mol. The van der Waals surface area contributed by atoms with Gasteiger partial charge in [0, 0.05) is 21.7 Å². The van der Waals surface area contributed by atoms with Gasteiger partial charge in [0.1, 0.15) is 17.0 Å². The molecule has 0 aliphatic heterocycles. The Balaban J connectivity index is 2.09. The summed E-state index contributed by atoms with van der Waals surface area (Å²) in [7, 11) is -2.96. The molecule has 0 aliphatic rings. The van der Waals surface area contributed by atoms with E-state index >= 15 is 0 Å². The van der Waals surface area contributed by atoms with Crippen molar-refractivity contribution >= 4 is 38.8 Å². The fourth-order valence-corrected chi connectivity index (χ4v) is 3.91. The van der Waals surface area contributed by atoms with E-state index in [1.54, 1.807) is 55.5 Å². The first kappa shape index (κ1) is 18.6. The summed E-state index contributed by atoms with van der Waals surface area (Å²) in [5, 5.41) is 4.86. The highest BCUT2D eigenvalue weighted by molar-refractivity contribution is 7.93. The van der Waals surface area contributed by atoms with Crippen LogP contribution >= 0.6 is 23.2 Å². The van der Waals surface area contributed by atoms with Gasteiger partial charge in [-0.1, -0.05) is 46.6 Å². The van der Waals surface area contributed by atoms with Gasteiger partial charge in [0.15, 0.2) is 0 Å². The Morgan fingerprint density at radius 1 is 1.12 bits per heavy atom. The number of hydrogen-bond donors (Lipinski definition) is 0. The van der Waals surface area contributed by atoms with Crippen LogP contribution in [0.2, 0.25) is 10.0 Å². The molecule has 1 atom stereocenters. The summed E-state index contributed by atoms with van der Waals surface area (Å²) in [6, 6.07) is 13.3. The maximum Gasteiger partial charge on any atom is 0.291 e. The molecule has 5 nitrogen and oxygen atoms in total. The molecule has 1 amide bonds. The molecule has 0 bridgehead atoms. The predicted octanol–water partition coefficient (Wildman–Crippen LogP) is 5.25. The lowest BCUT2D eigenvalue weighted by Gasteiger charge is -2.05. The van der Waals surface area contributed by atoms with Crippen molar-refractivity contribution in [2.45, 2.75) is 11.8 Å². The number of carbonyl (C=O) groups excluding carboxylic acids is 1. The zero-order valence-electron chi connectivity index (χ0n) is 13.9. The fraction of sp³-hybridized carbons (Fsp3) is 0.111. The Hall–Kier alpha value is -2.15. The summed E-state index contributed by atoms with van der Waals surface area (Å²) in [5.41, 5.74) is 0.952. The molecule has 0 N–H and O–H groups in total. The van der Waals surface area contributed by atoms with Crippen LogP contribution in [0, 0.1) is 6.92 Å². The SMILES string of the molecule is Cc1onc(-c2ccccc2Cl)c1C(=O)N=[S@](C)(=O)c1ccc(Cl)cc1. The zero-order valence-corrected chi connectivity index (χ0v) is 16.2. The highest BCUT2D eigenvalue weighted by atomic mass is 35.5. The first-order valence-corrected chi connectivity index (χ1v) is 10.2. The number of rotatable bonds is 3. The maximum atomic E-state index is 12.9. The molecule has 0 fully saturated rings. The molecule has 0 aliphatic carbocycles. The molecule has 0 unspecified atom stereocenters. The molecule has 1 aromatic heterocycles. The minimum atomic E-state index is -2.96. The van der Waals surface area contributed by atoms with E-state index < -0.39 is 15.6 Å². The number of aryl methyl sites for hydroxylation is 1. The Bertz CT molecular complexity index is 1100. The third kappa shape index (κ3) is 3.67. The van der Waals surface area contributed by atoms with E-state index in [9.17, 15) is 9.00 Å². The quantitative estimate of drug-likeness (QED) is 0.592. The van der Waals surface area contributed by atoms with Crippen molar-refractivity contribution in [2.75, 3.05) is 6.26 Å². The molecular weight excluding hydrogens is 395 g/mol. The molecule has 0 saturated carbocycles. The van der Waals surface area contributed by atoms with Crippen molar-refractivity contribution in [3.63, 3.8) is 0 Å². The van der Waals surface area contributed by atoms with Crippen LogP contribution in [-0.2, 0) is 9.73 Å². The van der Waals surface area contributed by atoms with Gasteiger partial charge in [-0.25, -0.2) is 4.21 Å². The van der Waals surface area contributed by atoms with E-state index in [1.165, 1.54) is 6.26 Å². The first-order chi connectivity index (χ1) is 12.3. The van der Waals surface area contributed by atoms with Crippen molar-refractivity contribution in [2.24, 2.45) is 4.36 Å². The minimum absolute atomic E-state index is 0.140. The summed E-state index contributed by atoms with van der Waals surface area (Å²) >= 11 is 12.0. The molecule has 26 heavy (non-hydrogen) atoms. The lowest BCUT2D eigenvalue weighted by atomic mass is 10.1. The van der Waals surface area contributed by atoms with Crippen molar-refractivity contribution < 1.29 is 13.5 Å². The van der Waals surface area contributed by atoms with Gasteiger partial charge in [0.2, 0.25) is 0 Å². The van der Waals surface area contributed by atoms with Crippen LogP contribution in [0.5, 0.6) is 0 Å². The molecule has 0 radical (unpaired) electrons. The van der Waals surface area contributed by atoms with E-state index in [-0.39, 0.29) is 17.0 Å². The number of hydrogen-bond acceptors (Lipinski definition) is 4. The number of carbonyl (C=O) groups is 1. The Morgan fingerprint density at radius 3 is 2.42 bits per heavy atom. The Kier molecular flexibility index (Phi) is 5.18. The zero-order chi connectivity index (χ0) is 18.9. The fourth-order valence-electron chi connectivity index (χ4n) is 2.40. The summed E-state index contributed by atoms with van der Waals surface area (Å²) in [6.07, 6.45) is 1.39. The third-order valence-corrected chi connectivity index (χ3v) is 5.96. The van der Waals surface area contributed by atoms with Crippen LogP contribution in [0.15, 0.2) is 62.3 Å². The highest BCUT2D eigenvalue weighted by Gasteiger charge is 2.24. The number of amides is 1. The molecule has 3 rings (SSSR count). The number of nitrogens with zero attached hydrogens (tertiary/aromatic N) is 2. The molecule has 2 aromatic carbocycles. The largest absolute Gasteiger partial charge is 0.360 e. The van der Waals surface area contributed by atoms with Crippen LogP contribution in [0.3, 0.4) is 0 Å². The highest BCUT2D eigenvalue weighted by Crippen LogP contribution is 2.31. The lowest BCUT2D eigenvalue weighted by Crippen LogP contribution is -2.05. The number of halogens is 2. The van der Waals surface area contributed by atoms with Gasteiger partial charge in [-0.05, 0) is 37.3 Å². The summed E-state index contributed by atoms with van der Waals surface area (Å²) in [5.74, 6) is -0.402. The molecule has 0 saturated heterocycles. The third-order valence-electron chi connectivity index (χ3n) is 3.71. The van der Waals surface area contributed by atoms with E-state index in [4.69, 9.17) is 27.7 Å². The number of aromatic nitrogens is 1. The van der Waals surface area contributed by atoms with Crippen LogP contribution in [0.4, 0.5) is 0 Å². The summed E-state index contributed by atoms with van der Waals surface area (Å²) in [6.45, 7) is 1.59. The molecule has 1 heterocycles. The number of benzene rings is 2. The van der Waals surface area contributed by atoms with E-state index in [0.717, 1.165) is 0 Å². The van der Waals surface area contributed by atoms with Crippen molar-refractivity contribution in [3.05, 3.63) is 69.9 Å². The van der Waals surface area contributed by atoms with Crippen molar-refractivity contribution in [1.29, 1.82) is 0 Å².